The minimum absolute atomic E-state index is 0.00237. The van der Waals surface area contributed by atoms with Crippen LogP contribution in [0, 0.1) is 5.92 Å². The van der Waals surface area contributed by atoms with E-state index in [1.165, 1.54) is 6.07 Å². The van der Waals surface area contributed by atoms with E-state index in [0.717, 1.165) is 5.56 Å². The predicted octanol–water partition coefficient (Wildman–Crippen LogP) is 2.35. The maximum atomic E-state index is 12.0. The third kappa shape index (κ3) is 4.61. The lowest BCUT2D eigenvalue weighted by atomic mass is 10.1. The summed E-state index contributed by atoms with van der Waals surface area (Å²) in [6, 6.07) is 4.72. The summed E-state index contributed by atoms with van der Waals surface area (Å²) in [7, 11) is 0. The number of phenols is 1. The minimum Gasteiger partial charge on any atom is -0.506 e. The standard InChI is InChI=1S/C17H23ClN2O3/c1-17(2,3)20-10-12(8-16(20)23)9-19-15(22)7-11-4-5-14(21)13(18)6-11/h4-6,12,21H,7-10H2,1-3H3,(H,19,22)/t12-/m0/s1. The average Bonchev–Trinajstić information content (AvgIpc) is 2.82. The Morgan fingerprint density at radius 2 is 2.13 bits per heavy atom. The van der Waals surface area contributed by atoms with E-state index in [0.29, 0.717) is 19.5 Å². The molecule has 0 aromatic heterocycles. The molecule has 2 rings (SSSR count). The minimum atomic E-state index is -0.182. The van der Waals surface area contributed by atoms with Crippen molar-refractivity contribution in [2.24, 2.45) is 5.92 Å². The number of nitrogens with one attached hydrogen (secondary N) is 1. The Hall–Kier alpha value is -1.75. The maximum Gasteiger partial charge on any atom is 0.224 e. The first kappa shape index (κ1) is 17.6. The van der Waals surface area contributed by atoms with Crippen molar-refractivity contribution in [3.63, 3.8) is 0 Å². The van der Waals surface area contributed by atoms with Gasteiger partial charge in [-0.2, -0.15) is 0 Å². The normalized spacial score (nSPS) is 18.3. The molecule has 6 heteroatoms. The van der Waals surface area contributed by atoms with Gasteiger partial charge < -0.3 is 15.3 Å². The lowest BCUT2D eigenvalue weighted by molar-refractivity contribution is -0.131. The van der Waals surface area contributed by atoms with E-state index in [-0.39, 0.29) is 40.5 Å². The maximum absolute atomic E-state index is 12.0. The number of carbonyl (C=O) groups is 2. The van der Waals surface area contributed by atoms with E-state index in [2.05, 4.69) is 5.32 Å². The molecule has 0 unspecified atom stereocenters. The molecule has 1 aromatic carbocycles. The average molecular weight is 339 g/mol. The van der Waals surface area contributed by atoms with Gasteiger partial charge in [-0.3, -0.25) is 9.59 Å². The molecule has 2 amide bonds. The molecule has 1 fully saturated rings. The second-order valence-electron chi connectivity index (χ2n) is 7.01. The van der Waals surface area contributed by atoms with Crippen molar-refractivity contribution in [2.45, 2.75) is 39.2 Å². The summed E-state index contributed by atoms with van der Waals surface area (Å²) in [5.74, 6) is 0.173. The largest absolute Gasteiger partial charge is 0.506 e. The quantitative estimate of drug-likeness (QED) is 0.885. The molecule has 0 aliphatic carbocycles. The third-order valence-corrected chi connectivity index (χ3v) is 4.28. The van der Waals surface area contributed by atoms with Crippen molar-refractivity contribution in [3.05, 3.63) is 28.8 Å². The second-order valence-corrected chi connectivity index (χ2v) is 7.42. The van der Waals surface area contributed by atoms with Gasteiger partial charge in [0.1, 0.15) is 5.75 Å². The van der Waals surface area contributed by atoms with Gasteiger partial charge in [0, 0.05) is 31.0 Å². The first-order valence-electron chi connectivity index (χ1n) is 7.71. The van der Waals surface area contributed by atoms with Crippen molar-refractivity contribution in [1.29, 1.82) is 0 Å². The highest BCUT2D eigenvalue weighted by Crippen LogP contribution is 2.26. The molecule has 1 heterocycles. The van der Waals surface area contributed by atoms with Gasteiger partial charge in [-0.25, -0.2) is 0 Å². The first-order chi connectivity index (χ1) is 10.7. The van der Waals surface area contributed by atoms with E-state index in [4.69, 9.17) is 11.6 Å². The molecule has 1 aliphatic heterocycles. The van der Waals surface area contributed by atoms with E-state index in [9.17, 15) is 14.7 Å². The van der Waals surface area contributed by atoms with Crippen LogP contribution in [0.1, 0.15) is 32.8 Å². The lowest BCUT2D eigenvalue weighted by Crippen LogP contribution is -2.42. The van der Waals surface area contributed by atoms with Gasteiger partial charge in [0.2, 0.25) is 11.8 Å². The summed E-state index contributed by atoms with van der Waals surface area (Å²) in [6.07, 6.45) is 0.673. The monoisotopic (exact) mass is 338 g/mol. The number of hydrogen-bond acceptors (Lipinski definition) is 3. The van der Waals surface area contributed by atoms with Gasteiger partial charge in [0.15, 0.2) is 0 Å². The van der Waals surface area contributed by atoms with Crippen LogP contribution in [0.3, 0.4) is 0 Å². The predicted molar refractivity (Wildman–Crippen MR) is 89.4 cm³/mol. The van der Waals surface area contributed by atoms with Gasteiger partial charge in [0.25, 0.3) is 0 Å². The number of likely N-dealkylation sites (tertiary alicyclic amines) is 1. The van der Waals surface area contributed by atoms with Crippen LogP contribution in [0.4, 0.5) is 0 Å². The fourth-order valence-electron chi connectivity index (χ4n) is 2.73. The number of hydrogen-bond donors (Lipinski definition) is 2. The molecule has 1 atom stereocenters. The van der Waals surface area contributed by atoms with Crippen molar-refractivity contribution < 1.29 is 14.7 Å². The van der Waals surface area contributed by atoms with Crippen molar-refractivity contribution in [1.82, 2.24) is 10.2 Å². The number of halogens is 1. The molecular weight excluding hydrogens is 316 g/mol. The Kier molecular flexibility index (Phi) is 5.19. The highest BCUT2D eigenvalue weighted by molar-refractivity contribution is 6.32. The summed E-state index contributed by atoms with van der Waals surface area (Å²) in [5, 5.41) is 12.5. The molecule has 0 bridgehead atoms. The number of benzene rings is 1. The molecule has 1 aromatic rings. The Morgan fingerprint density at radius 3 is 2.70 bits per heavy atom. The van der Waals surface area contributed by atoms with E-state index in [1.807, 2.05) is 25.7 Å². The molecular formula is C17H23ClN2O3. The van der Waals surface area contributed by atoms with Crippen LogP contribution >= 0.6 is 11.6 Å². The summed E-state index contributed by atoms with van der Waals surface area (Å²) in [4.78, 5) is 25.9. The molecule has 2 N–H and O–H groups in total. The summed E-state index contributed by atoms with van der Waals surface area (Å²) in [5.41, 5.74) is 0.558. The van der Waals surface area contributed by atoms with Gasteiger partial charge in [0.05, 0.1) is 11.4 Å². The van der Waals surface area contributed by atoms with Gasteiger partial charge in [-0.15, -0.1) is 0 Å². The van der Waals surface area contributed by atoms with Crippen LogP contribution in [0.2, 0.25) is 5.02 Å². The van der Waals surface area contributed by atoms with Crippen molar-refractivity contribution >= 4 is 23.4 Å². The van der Waals surface area contributed by atoms with Crippen LogP contribution in [0.5, 0.6) is 5.75 Å². The van der Waals surface area contributed by atoms with Gasteiger partial charge in [-0.05, 0) is 38.5 Å². The number of nitrogens with zero attached hydrogens (tertiary/aromatic N) is 1. The second kappa shape index (κ2) is 6.79. The van der Waals surface area contributed by atoms with Gasteiger partial charge in [-0.1, -0.05) is 17.7 Å². The Balaban J connectivity index is 1.83. The fraction of sp³-hybridized carbons (Fsp3) is 0.529. The van der Waals surface area contributed by atoms with E-state index in [1.54, 1.807) is 12.1 Å². The lowest BCUT2D eigenvalue weighted by Gasteiger charge is -2.32. The molecule has 1 saturated heterocycles. The number of aromatic hydroxyl groups is 1. The smallest absolute Gasteiger partial charge is 0.224 e. The number of phenolic OH excluding ortho intramolecular Hbond substituents is 1. The molecule has 0 saturated carbocycles. The van der Waals surface area contributed by atoms with E-state index >= 15 is 0 Å². The summed E-state index contributed by atoms with van der Waals surface area (Å²) in [6.45, 7) is 7.21. The molecule has 0 spiro atoms. The molecule has 126 valence electrons. The van der Waals surface area contributed by atoms with Crippen molar-refractivity contribution in [2.75, 3.05) is 13.1 Å². The van der Waals surface area contributed by atoms with Crippen LogP contribution in [0.25, 0.3) is 0 Å². The summed E-state index contributed by atoms with van der Waals surface area (Å²) < 4.78 is 0. The fourth-order valence-corrected chi connectivity index (χ4v) is 2.94. The zero-order valence-corrected chi connectivity index (χ0v) is 14.5. The first-order valence-corrected chi connectivity index (χ1v) is 8.09. The highest BCUT2D eigenvalue weighted by Gasteiger charge is 2.36. The van der Waals surface area contributed by atoms with Gasteiger partial charge >= 0.3 is 0 Å². The van der Waals surface area contributed by atoms with Crippen molar-refractivity contribution in [3.8, 4) is 5.75 Å². The molecule has 1 aliphatic rings. The van der Waals surface area contributed by atoms with E-state index < -0.39 is 0 Å². The highest BCUT2D eigenvalue weighted by atomic mass is 35.5. The molecule has 0 radical (unpaired) electrons. The van der Waals surface area contributed by atoms with Crippen LogP contribution in [-0.4, -0.2) is 40.4 Å². The SMILES string of the molecule is CC(C)(C)N1C[C@H](CNC(=O)Cc2ccc(O)c(Cl)c2)CC1=O. The number of carbonyl (C=O) groups excluding carboxylic acids is 2. The Morgan fingerprint density at radius 1 is 1.43 bits per heavy atom. The third-order valence-electron chi connectivity index (χ3n) is 3.98. The zero-order chi connectivity index (χ0) is 17.2. The number of rotatable bonds is 4. The topological polar surface area (TPSA) is 69.6 Å². The molecule has 23 heavy (non-hydrogen) atoms. The summed E-state index contributed by atoms with van der Waals surface area (Å²) >= 11 is 5.83. The Labute approximate surface area is 141 Å². The Bertz CT molecular complexity index is 610. The van der Waals surface area contributed by atoms with Crippen LogP contribution in [0.15, 0.2) is 18.2 Å². The molecule has 5 nitrogen and oxygen atoms in total. The van der Waals surface area contributed by atoms with Crippen LogP contribution in [-0.2, 0) is 16.0 Å². The van der Waals surface area contributed by atoms with Crippen LogP contribution < -0.4 is 5.32 Å². The number of amides is 2. The zero-order valence-electron chi connectivity index (χ0n) is 13.7.